The molecule has 0 aliphatic rings. The van der Waals surface area contributed by atoms with Gasteiger partial charge < -0.3 is 5.11 Å². The van der Waals surface area contributed by atoms with E-state index in [1.807, 2.05) is 60.7 Å². The zero-order chi connectivity index (χ0) is 14.7. The summed E-state index contributed by atoms with van der Waals surface area (Å²) < 4.78 is 0. The van der Waals surface area contributed by atoms with E-state index in [0.29, 0.717) is 0 Å². The summed E-state index contributed by atoms with van der Waals surface area (Å²) in [5, 5.41) is 9.16. The summed E-state index contributed by atoms with van der Waals surface area (Å²) >= 11 is 0. The highest BCUT2D eigenvalue weighted by Gasteiger charge is 2.12. The third kappa shape index (κ3) is 2.67. The monoisotopic (exact) mass is 275 g/mol. The second-order valence-corrected chi connectivity index (χ2v) is 4.65. The quantitative estimate of drug-likeness (QED) is 0.782. The van der Waals surface area contributed by atoms with Crippen LogP contribution in [0.25, 0.3) is 22.3 Å². The van der Waals surface area contributed by atoms with E-state index in [1.54, 1.807) is 12.3 Å². The molecule has 3 rings (SSSR count). The van der Waals surface area contributed by atoms with Gasteiger partial charge in [-0.2, -0.15) is 0 Å². The van der Waals surface area contributed by atoms with Gasteiger partial charge in [-0.3, -0.25) is 0 Å². The fraction of sp³-hybridized carbons (Fsp3) is 0. The van der Waals surface area contributed by atoms with Crippen LogP contribution in [-0.2, 0) is 0 Å². The van der Waals surface area contributed by atoms with Crippen LogP contribution in [-0.4, -0.2) is 16.1 Å². The SMILES string of the molecule is O=C(O)c1cc(-c2ccccc2)c(-c2ccccc2)cn1. The van der Waals surface area contributed by atoms with Crippen LogP contribution in [0.5, 0.6) is 0 Å². The number of aromatic nitrogens is 1. The Balaban J connectivity index is 2.23. The molecular weight excluding hydrogens is 262 g/mol. The predicted octanol–water partition coefficient (Wildman–Crippen LogP) is 4.11. The number of carbonyl (C=O) groups is 1. The van der Waals surface area contributed by atoms with Gasteiger partial charge in [0.15, 0.2) is 0 Å². The van der Waals surface area contributed by atoms with Crippen molar-refractivity contribution in [2.75, 3.05) is 0 Å². The second kappa shape index (κ2) is 5.59. The van der Waals surface area contributed by atoms with E-state index in [2.05, 4.69) is 4.98 Å². The van der Waals surface area contributed by atoms with Crippen LogP contribution < -0.4 is 0 Å². The summed E-state index contributed by atoms with van der Waals surface area (Å²) in [6, 6.07) is 21.2. The lowest BCUT2D eigenvalue weighted by atomic mass is 9.96. The van der Waals surface area contributed by atoms with Crippen molar-refractivity contribution in [2.24, 2.45) is 0 Å². The molecule has 0 saturated heterocycles. The number of carboxylic acid groups (broad SMARTS) is 1. The molecule has 0 radical (unpaired) electrons. The molecule has 1 N–H and O–H groups in total. The van der Waals surface area contributed by atoms with Crippen molar-refractivity contribution >= 4 is 5.97 Å². The fourth-order valence-electron chi connectivity index (χ4n) is 2.28. The van der Waals surface area contributed by atoms with E-state index in [4.69, 9.17) is 5.11 Å². The van der Waals surface area contributed by atoms with Crippen LogP contribution in [0, 0.1) is 0 Å². The minimum absolute atomic E-state index is 0.0496. The first-order chi connectivity index (χ1) is 10.3. The van der Waals surface area contributed by atoms with Gasteiger partial charge in [0, 0.05) is 11.8 Å². The maximum atomic E-state index is 11.2. The topological polar surface area (TPSA) is 50.2 Å². The van der Waals surface area contributed by atoms with Crippen LogP contribution in [0.2, 0.25) is 0 Å². The summed E-state index contributed by atoms with van der Waals surface area (Å²) in [5.74, 6) is -1.02. The summed E-state index contributed by atoms with van der Waals surface area (Å²) in [7, 11) is 0. The number of hydrogen-bond donors (Lipinski definition) is 1. The molecule has 2 aromatic carbocycles. The fourth-order valence-corrected chi connectivity index (χ4v) is 2.28. The van der Waals surface area contributed by atoms with E-state index >= 15 is 0 Å². The number of hydrogen-bond acceptors (Lipinski definition) is 2. The first-order valence-electron chi connectivity index (χ1n) is 6.60. The zero-order valence-corrected chi connectivity index (χ0v) is 11.2. The van der Waals surface area contributed by atoms with Crippen LogP contribution in [0.1, 0.15) is 10.5 Å². The van der Waals surface area contributed by atoms with Crippen molar-refractivity contribution in [3.63, 3.8) is 0 Å². The summed E-state index contributed by atoms with van der Waals surface area (Å²) in [6.45, 7) is 0. The Hall–Kier alpha value is -2.94. The molecule has 0 saturated carbocycles. The minimum Gasteiger partial charge on any atom is -0.477 e. The van der Waals surface area contributed by atoms with Crippen molar-refractivity contribution < 1.29 is 9.90 Å². The van der Waals surface area contributed by atoms with Crippen molar-refractivity contribution in [3.05, 3.63) is 78.6 Å². The molecule has 0 aliphatic heterocycles. The number of aromatic carboxylic acids is 1. The van der Waals surface area contributed by atoms with E-state index in [0.717, 1.165) is 22.3 Å². The molecule has 0 bridgehead atoms. The van der Waals surface area contributed by atoms with Crippen molar-refractivity contribution in [1.82, 2.24) is 4.98 Å². The van der Waals surface area contributed by atoms with Crippen LogP contribution in [0.4, 0.5) is 0 Å². The molecule has 0 unspecified atom stereocenters. The molecule has 21 heavy (non-hydrogen) atoms. The summed E-state index contributed by atoms with van der Waals surface area (Å²) in [6.07, 6.45) is 1.63. The van der Waals surface area contributed by atoms with Gasteiger partial charge in [0.25, 0.3) is 0 Å². The Morgan fingerprint density at radius 1 is 0.810 bits per heavy atom. The Kier molecular flexibility index (Phi) is 3.48. The second-order valence-electron chi connectivity index (χ2n) is 4.65. The molecule has 0 fully saturated rings. The highest BCUT2D eigenvalue weighted by atomic mass is 16.4. The highest BCUT2D eigenvalue weighted by Crippen LogP contribution is 2.31. The summed E-state index contributed by atoms with van der Waals surface area (Å²) in [5.41, 5.74) is 3.83. The Labute approximate surface area is 122 Å². The standard InChI is InChI=1S/C18H13NO2/c20-18(21)17-11-15(13-7-3-1-4-8-13)16(12-19-17)14-9-5-2-6-10-14/h1-12H,(H,20,21). The normalized spacial score (nSPS) is 10.3. The van der Waals surface area contributed by atoms with E-state index in [-0.39, 0.29) is 5.69 Å². The Morgan fingerprint density at radius 2 is 1.33 bits per heavy atom. The average Bonchev–Trinajstić information content (AvgIpc) is 2.56. The molecule has 0 spiro atoms. The van der Waals surface area contributed by atoms with Gasteiger partial charge in [-0.25, -0.2) is 9.78 Å². The lowest BCUT2D eigenvalue weighted by molar-refractivity contribution is 0.0690. The largest absolute Gasteiger partial charge is 0.477 e. The lowest BCUT2D eigenvalue weighted by Gasteiger charge is -2.10. The Morgan fingerprint density at radius 3 is 1.86 bits per heavy atom. The van der Waals surface area contributed by atoms with Gasteiger partial charge in [0.1, 0.15) is 5.69 Å². The van der Waals surface area contributed by atoms with Crippen LogP contribution in [0.3, 0.4) is 0 Å². The summed E-state index contributed by atoms with van der Waals surface area (Å²) in [4.78, 5) is 15.2. The van der Waals surface area contributed by atoms with Crippen molar-refractivity contribution in [3.8, 4) is 22.3 Å². The molecule has 3 aromatic rings. The molecule has 0 atom stereocenters. The lowest BCUT2D eigenvalue weighted by Crippen LogP contribution is -2.01. The number of carboxylic acids is 1. The molecular formula is C18H13NO2. The van der Waals surface area contributed by atoms with E-state index in [9.17, 15) is 4.79 Å². The molecule has 0 aliphatic carbocycles. The molecule has 3 heteroatoms. The number of nitrogens with zero attached hydrogens (tertiary/aromatic N) is 1. The average molecular weight is 275 g/mol. The predicted molar refractivity (Wildman–Crippen MR) is 82.1 cm³/mol. The Bertz CT molecular complexity index is 768. The minimum atomic E-state index is -1.02. The number of pyridine rings is 1. The molecule has 0 amide bonds. The van der Waals surface area contributed by atoms with E-state index < -0.39 is 5.97 Å². The van der Waals surface area contributed by atoms with Gasteiger partial charge >= 0.3 is 5.97 Å². The smallest absolute Gasteiger partial charge is 0.354 e. The first kappa shape index (κ1) is 13.1. The first-order valence-corrected chi connectivity index (χ1v) is 6.60. The number of rotatable bonds is 3. The third-order valence-electron chi connectivity index (χ3n) is 3.29. The molecule has 102 valence electrons. The zero-order valence-electron chi connectivity index (χ0n) is 11.2. The molecule has 1 heterocycles. The third-order valence-corrected chi connectivity index (χ3v) is 3.29. The van der Waals surface area contributed by atoms with Gasteiger partial charge in [-0.05, 0) is 22.8 Å². The van der Waals surface area contributed by atoms with Gasteiger partial charge in [0.2, 0.25) is 0 Å². The number of benzene rings is 2. The molecule has 3 nitrogen and oxygen atoms in total. The van der Waals surface area contributed by atoms with Gasteiger partial charge in [0.05, 0.1) is 0 Å². The van der Waals surface area contributed by atoms with Crippen LogP contribution in [0.15, 0.2) is 72.9 Å². The van der Waals surface area contributed by atoms with E-state index in [1.165, 1.54) is 0 Å². The maximum absolute atomic E-state index is 11.2. The van der Waals surface area contributed by atoms with Gasteiger partial charge in [-0.1, -0.05) is 60.7 Å². The molecule has 1 aromatic heterocycles. The van der Waals surface area contributed by atoms with Crippen LogP contribution >= 0.6 is 0 Å². The maximum Gasteiger partial charge on any atom is 0.354 e. The van der Waals surface area contributed by atoms with Gasteiger partial charge in [-0.15, -0.1) is 0 Å². The van der Waals surface area contributed by atoms with Crippen molar-refractivity contribution in [1.29, 1.82) is 0 Å². The highest BCUT2D eigenvalue weighted by molar-refractivity contribution is 5.91. The van der Waals surface area contributed by atoms with Crippen molar-refractivity contribution in [2.45, 2.75) is 0 Å².